The average molecular weight is 273 g/mol. The highest BCUT2D eigenvalue weighted by atomic mass is 16.6. The van der Waals surface area contributed by atoms with E-state index < -0.39 is 0 Å². The fourth-order valence-corrected chi connectivity index (χ4v) is 1.94. The molecule has 4 nitrogen and oxygen atoms in total. The zero-order valence-corrected chi connectivity index (χ0v) is 12.7. The van der Waals surface area contributed by atoms with Crippen LogP contribution in [0.5, 0.6) is 0 Å². The minimum absolute atomic E-state index is 0.299. The van der Waals surface area contributed by atoms with Gasteiger partial charge in [0.1, 0.15) is 6.10 Å². The maximum Gasteiger partial charge on any atom is 0.303 e. The standard InChI is InChI=1S/C15H31NO3/c1-3-4-5-6-7-8-9-10-11-18-13-15(12-16)19-14(2)17/h15H,3-13,16H2,1-2H3. The molecular weight excluding hydrogens is 242 g/mol. The Morgan fingerprint density at radius 2 is 1.63 bits per heavy atom. The molecule has 0 bridgehead atoms. The van der Waals surface area contributed by atoms with Gasteiger partial charge in [-0.2, -0.15) is 0 Å². The Bertz CT molecular complexity index is 210. The van der Waals surface area contributed by atoms with Crippen molar-refractivity contribution in [2.75, 3.05) is 19.8 Å². The first-order chi connectivity index (χ1) is 9.20. The number of hydrogen-bond acceptors (Lipinski definition) is 4. The second-order valence-corrected chi connectivity index (χ2v) is 5.02. The third-order valence-electron chi connectivity index (χ3n) is 3.04. The van der Waals surface area contributed by atoms with Gasteiger partial charge in [-0.1, -0.05) is 51.9 Å². The van der Waals surface area contributed by atoms with Crippen molar-refractivity contribution >= 4 is 5.97 Å². The van der Waals surface area contributed by atoms with Crippen LogP contribution in [0.2, 0.25) is 0 Å². The largest absolute Gasteiger partial charge is 0.459 e. The maximum absolute atomic E-state index is 10.8. The molecule has 4 heteroatoms. The molecule has 0 amide bonds. The highest BCUT2D eigenvalue weighted by Crippen LogP contribution is 2.08. The van der Waals surface area contributed by atoms with Crippen molar-refractivity contribution < 1.29 is 14.3 Å². The smallest absolute Gasteiger partial charge is 0.303 e. The van der Waals surface area contributed by atoms with Crippen molar-refractivity contribution in [3.05, 3.63) is 0 Å². The minimum Gasteiger partial charge on any atom is -0.459 e. The molecule has 0 heterocycles. The van der Waals surface area contributed by atoms with Gasteiger partial charge in [0.05, 0.1) is 6.61 Å². The fraction of sp³-hybridized carbons (Fsp3) is 0.933. The van der Waals surface area contributed by atoms with Crippen LogP contribution in [0.1, 0.15) is 65.2 Å². The van der Waals surface area contributed by atoms with E-state index in [1.807, 2.05) is 0 Å². The number of rotatable bonds is 13. The van der Waals surface area contributed by atoms with E-state index in [9.17, 15) is 4.79 Å². The van der Waals surface area contributed by atoms with Crippen LogP contribution >= 0.6 is 0 Å². The first-order valence-electron chi connectivity index (χ1n) is 7.65. The summed E-state index contributed by atoms with van der Waals surface area (Å²) in [5, 5.41) is 0. The number of nitrogens with two attached hydrogens (primary N) is 1. The number of hydrogen-bond donors (Lipinski definition) is 1. The van der Waals surface area contributed by atoms with Crippen LogP contribution in [-0.4, -0.2) is 31.8 Å². The van der Waals surface area contributed by atoms with E-state index in [1.165, 1.54) is 51.9 Å². The summed E-state index contributed by atoms with van der Waals surface area (Å²) in [6.45, 7) is 5.08. The summed E-state index contributed by atoms with van der Waals surface area (Å²) in [6, 6.07) is 0. The van der Waals surface area contributed by atoms with Gasteiger partial charge in [-0.15, -0.1) is 0 Å². The molecule has 0 aliphatic heterocycles. The Labute approximate surface area is 118 Å². The molecule has 0 radical (unpaired) electrons. The molecule has 0 aliphatic carbocycles. The first-order valence-corrected chi connectivity index (χ1v) is 7.65. The zero-order chi connectivity index (χ0) is 14.3. The van der Waals surface area contributed by atoms with Crippen LogP contribution in [0.3, 0.4) is 0 Å². The van der Waals surface area contributed by atoms with Crippen molar-refractivity contribution in [3.63, 3.8) is 0 Å². The van der Waals surface area contributed by atoms with Crippen LogP contribution in [0.15, 0.2) is 0 Å². The number of carbonyl (C=O) groups is 1. The second kappa shape index (κ2) is 13.8. The van der Waals surface area contributed by atoms with Gasteiger partial charge in [-0.05, 0) is 6.42 Å². The first kappa shape index (κ1) is 18.4. The lowest BCUT2D eigenvalue weighted by atomic mass is 10.1. The summed E-state index contributed by atoms with van der Waals surface area (Å²) in [4.78, 5) is 10.8. The van der Waals surface area contributed by atoms with Crippen molar-refractivity contribution in [2.24, 2.45) is 5.73 Å². The lowest BCUT2D eigenvalue weighted by Gasteiger charge is -2.14. The second-order valence-electron chi connectivity index (χ2n) is 5.02. The monoisotopic (exact) mass is 273 g/mol. The van der Waals surface area contributed by atoms with Crippen molar-refractivity contribution in [3.8, 4) is 0 Å². The maximum atomic E-state index is 10.8. The summed E-state index contributed by atoms with van der Waals surface area (Å²) in [7, 11) is 0. The van der Waals surface area contributed by atoms with Crippen molar-refractivity contribution in [2.45, 2.75) is 71.3 Å². The van der Waals surface area contributed by atoms with Gasteiger partial charge in [0.25, 0.3) is 0 Å². The Hall–Kier alpha value is -0.610. The van der Waals surface area contributed by atoms with E-state index in [0.29, 0.717) is 13.2 Å². The lowest BCUT2D eigenvalue weighted by Crippen LogP contribution is -2.30. The number of esters is 1. The molecule has 0 rings (SSSR count). The summed E-state index contributed by atoms with van der Waals surface area (Å²) >= 11 is 0. The van der Waals surface area contributed by atoms with Gasteiger partial charge in [-0.25, -0.2) is 0 Å². The van der Waals surface area contributed by atoms with E-state index in [4.69, 9.17) is 15.2 Å². The van der Waals surface area contributed by atoms with E-state index in [-0.39, 0.29) is 12.1 Å². The molecule has 0 saturated heterocycles. The minimum atomic E-state index is -0.300. The van der Waals surface area contributed by atoms with Gasteiger partial charge in [0.15, 0.2) is 0 Å². The number of ether oxygens (including phenoxy) is 2. The Morgan fingerprint density at radius 1 is 1.05 bits per heavy atom. The van der Waals surface area contributed by atoms with E-state index in [0.717, 1.165) is 13.0 Å². The van der Waals surface area contributed by atoms with Gasteiger partial charge in [0, 0.05) is 20.1 Å². The fourth-order valence-electron chi connectivity index (χ4n) is 1.94. The van der Waals surface area contributed by atoms with Crippen molar-refractivity contribution in [1.29, 1.82) is 0 Å². The predicted molar refractivity (Wildman–Crippen MR) is 78.0 cm³/mol. The topological polar surface area (TPSA) is 61.6 Å². The van der Waals surface area contributed by atoms with E-state index in [2.05, 4.69) is 6.92 Å². The van der Waals surface area contributed by atoms with Crippen LogP contribution in [-0.2, 0) is 14.3 Å². The number of carbonyl (C=O) groups excluding carboxylic acids is 1. The van der Waals surface area contributed by atoms with Crippen LogP contribution in [0, 0.1) is 0 Å². The molecule has 1 atom stereocenters. The van der Waals surface area contributed by atoms with E-state index in [1.54, 1.807) is 0 Å². The predicted octanol–water partition coefficient (Wildman–Crippen LogP) is 3.03. The molecule has 114 valence electrons. The molecule has 0 fully saturated rings. The molecule has 0 aliphatic rings. The highest BCUT2D eigenvalue weighted by Gasteiger charge is 2.09. The molecule has 0 aromatic rings. The summed E-state index contributed by atoms with van der Waals surface area (Å²) in [5.41, 5.74) is 5.48. The third kappa shape index (κ3) is 13.6. The van der Waals surface area contributed by atoms with Crippen LogP contribution in [0.25, 0.3) is 0 Å². The summed E-state index contributed by atoms with van der Waals surface area (Å²) < 4.78 is 10.5. The Kier molecular flexibility index (Phi) is 13.4. The summed E-state index contributed by atoms with van der Waals surface area (Å²) in [6.07, 6.45) is 10.0. The quantitative estimate of drug-likeness (QED) is 0.414. The molecule has 19 heavy (non-hydrogen) atoms. The van der Waals surface area contributed by atoms with Gasteiger partial charge < -0.3 is 15.2 Å². The molecule has 0 saturated carbocycles. The SMILES string of the molecule is CCCCCCCCCCOCC(CN)OC(C)=O. The summed E-state index contributed by atoms with van der Waals surface area (Å²) in [5.74, 6) is -0.300. The average Bonchev–Trinajstić information content (AvgIpc) is 2.39. The third-order valence-corrected chi connectivity index (χ3v) is 3.04. The Morgan fingerprint density at radius 3 is 2.16 bits per heavy atom. The number of unbranched alkanes of at least 4 members (excludes halogenated alkanes) is 7. The molecule has 0 spiro atoms. The zero-order valence-electron chi connectivity index (χ0n) is 12.7. The molecule has 0 aromatic carbocycles. The molecule has 0 aromatic heterocycles. The Balaban J connectivity index is 3.23. The molecule has 1 unspecified atom stereocenters. The van der Waals surface area contributed by atoms with Crippen molar-refractivity contribution in [1.82, 2.24) is 0 Å². The molecular formula is C15H31NO3. The van der Waals surface area contributed by atoms with Crippen LogP contribution in [0.4, 0.5) is 0 Å². The van der Waals surface area contributed by atoms with Gasteiger partial charge in [-0.3, -0.25) is 4.79 Å². The van der Waals surface area contributed by atoms with E-state index >= 15 is 0 Å². The van der Waals surface area contributed by atoms with Gasteiger partial charge in [0.2, 0.25) is 0 Å². The molecule has 2 N–H and O–H groups in total. The highest BCUT2D eigenvalue weighted by molar-refractivity contribution is 5.66. The van der Waals surface area contributed by atoms with Gasteiger partial charge >= 0.3 is 5.97 Å². The normalized spacial score (nSPS) is 12.4. The van der Waals surface area contributed by atoms with Crippen LogP contribution < -0.4 is 5.73 Å². The lowest BCUT2D eigenvalue weighted by molar-refractivity contribution is -0.148.